The van der Waals surface area contributed by atoms with Crippen LogP contribution in [0.15, 0.2) is 96.5 Å². The molecule has 5 rings (SSSR count). The fourth-order valence-electron chi connectivity index (χ4n) is 4.36. The molecule has 24 heteroatoms. The van der Waals surface area contributed by atoms with Crippen LogP contribution in [-0.4, -0.2) is 45.3 Å². The van der Waals surface area contributed by atoms with Crippen LogP contribution in [0.5, 0.6) is 5.75 Å². The first-order chi connectivity index (χ1) is 25.2. The summed E-state index contributed by atoms with van der Waals surface area (Å²) in [6, 6.07) is 14.6. The maximum absolute atomic E-state index is 12.3. The number of phenolic OH excluding ortho intramolecular Hbond substituents is 1. The second-order valence-electron chi connectivity index (χ2n) is 9.69. The van der Waals surface area contributed by atoms with Crippen LogP contribution in [0.2, 0.25) is 0 Å². The molecule has 4 N–H and O–H groups in total. The van der Waals surface area contributed by atoms with Crippen LogP contribution < -0.4 is 10.2 Å². The fraction of sp³-hybridized carbons (Fsp3) is 0.194. The Morgan fingerprint density at radius 1 is 0.855 bits per heavy atom. The monoisotopic (exact) mass is 985 g/mol. The number of aryl methyl sites for hydroxylation is 1. The maximum Gasteiger partial charge on any atom is 0.294 e. The van der Waals surface area contributed by atoms with Crippen molar-refractivity contribution in [1.29, 1.82) is 0 Å². The van der Waals surface area contributed by atoms with Crippen molar-refractivity contribution in [3.63, 3.8) is 0 Å². The average molecular weight is 986 g/mol. The zero-order valence-corrected chi connectivity index (χ0v) is 38.9. The third-order valence-corrected chi connectivity index (χ3v) is 9.30. The molecule has 0 spiro atoms. The molecule has 0 aliphatic rings. The van der Waals surface area contributed by atoms with Gasteiger partial charge in [0, 0.05) is 83.5 Å². The van der Waals surface area contributed by atoms with E-state index in [1.165, 1.54) is 53.4 Å². The first-order valence-corrected chi connectivity index (χ1v) is 19.6. The van der Waals surface area contributed by atoms with Gasteiger partial charge in [0.05, 0.1) is 33.2 Å². The molecular formula is C31H33N7O11S4Y2-2. The predicted molar refractivity (Wildman–Crippen MR) is 196 cm³/mol. The van der Waals surface area contributed by atoms with Crippen LogP contribution in [0.25, 0.3) is 10.8 Å². The summed E-state index contributed by atoms with van der Waals surface area (Å²) in [6.07, 6.45) is 0. The molecule has 290 valence electrons. The molecule has 0 atom stereocenters. The van der Waals surface area contributed by atoms with Crippen LogP contribution in [0.4, 0.5) is 34.6 Å². The van der Waals surface area contributed by atoms with Crippen LogP contribution >= 0.6 is 12.0 Å². The number of azo groups is 1. The van der Waals surface area contributed by atoms with Gasteiger partial charge in [-0.05, 0) is 70.1 Å². The number of fused-ring (bicyclic) bond motifs is 1. The van der Waals surface area contributed by atoms with E-state index < -0.39 is 42.2 Å². The number of aromatic nitrogens is 3. The number of benzene rings is 4. The third-order valence-electron chi connectivity index (χ3n) is 6.55. The van der Waals surface area contributed by atoms with Crippen LogP contribution in [0.1, 0.15) is 33.5 Å². The molecule has 0 saturated heterocycles. The van der Waals surface area contributed by atoms with Crippen molar-refractivity contribution in [3.8, 4) is 5.75 Å². The summed E-state index contributed by atoms with van der Waals surface area (Å²) < 4.78 is 84.3. The van der Waals surface area contributed by atoms with Crippen molar-refractivity contribution in [2.75, 3.05) is 17.3 Å². The number of hydrogen-bond donors (Lipinski definition) is 4. The van der Waals surface area contributed by atoms with Crippen molar-refractivity contribution >= 4 is 89.0 Å². The first-order valence-electron chi connectivity index (χ1n) is 15.2. The van der Waals surface area contributed by atoms with Gasteiger partial charge >= 0.3 is 0 Å². The zero-order chi connectivity index (χ0) is 39.5. The molecule has 0 unspecified atom stereocenters. The standard InChI is InChI=1S/C27H21N7O11S4.2C2H6.2Y/c1-14-28-26(31-27(29-14)34(2)17-4-3-5-19(12-17)48(39)40)30-21-13-20(49(41,42)43)10-15-11-22(46-45-44-36)24(25(35)23(15)21)33-32-16-6-8-18(9-7-16)47(37)38;2*1-2;;/h3-13,35-36H,1-2H3,(H,41,42,43)(H,28,29,30,31);2*1-2H3;;/q-2;;;;. The van der Waals surface area contributed by atoms with Crippen LogP contribution in [0, 0.1) is 6.92 Å². The van der Waals surface area contributed by atoms with E-state index in [0.29, 0.717) is 17.7 Å². The van der Waals surface area contributed by atoms with E-state index in [2.05, 4.69) is 39.9 Å². The largest absolute Gasteiger partial charge is 0.505 e. The van der Waals surface area contributed by atoms with Gasteiger partial charge in [-0.25, -0.2) is 5.26 Å². The number of aromatic hydroxyl groups is 1. The summed E-state index contributed by atoms with van der Waals surface area (Å²) in [4.78, 5) is 13.8. The van der Waals surface area contributed by atoms with Gasteiger partial charge in [0.25, 0.3) is 10.1 Å². The summed E-state index contributed by atoms with van der Waals surface area (Å²) in [5.74, 6) is -0.467. The smallest absolute Gasteiger partial charge is 0.294 e. The van der Waals surface area contributed by atoms with E-state index in [1.807, 2.05) is 27.7 Å². The van der Waals surface area contributed by atoms with E-state index >= 15 is 0 Å². The Hall–Kier alpha value is -2.60. The van der Waals surface area contributed by atoms with E-state index in [0.717, 1.165) is 12.1 Å². The molecule has 5 aromatic rings. The minimum Gasteiger partial charge on any atom is -0.505 e. The van der Waals surface area contributed by atoms with Gasteiger partial charge in [-0.3, -0.25) is 4.55 Å². The van der Waals surface area contributed by atoms with Gasteiger partial charge in [-0.2, -0.15) is 28.5 Å². The Labute approximate surface area is 375 Å². The summed E-state index contributed by atoms with van der Waals surface area (Å²) >= 11 is 0.371. The quantitative estimate of drug-likeness (QED) is 0.0230. The predicted octanol–water partition coefficient (Wildman–Crippen LogP) is 8.02. The number of phenols is 1. The number of hydrogen-bond acceptors (Lipinski definition) is 20. The molecule has 0 bridgehead atoms. The zero-order valence-electron chi connectivity index (χ0n) is 29.9. The molecule has 0 fully saturated rings. The van der Waals surface area contributed by atoms with E-state index in [4.69, 9.17) is 5.26 Å². The van der Waals surface area contributed by atoms with Gasteiger partial charge in [-0.1, -0.05) is 72.9 Å². The molecule has 0 saturated carbocycles. The number of rotatable bonds is 12. The van der Waals surface area contributed by atoms with E-state index in [9.17, 15) is 34.9 Å². The molecule has 1 aromatic heterocycles. The van der Waals surface area contributed by atoms with E-state index in [-0.39, 0.29) is 126 Å². The number of anilines is 4. The second-order valence-corrected chi connectivity index (χ2v) is 13.7. The molecule has 55 heavy (non-hydrogen) atoms. The number of nitrogens with one attached hydrogen (secondary N) is 1. The first kappa shape index (κ1) is 50.4. The topological polar surface area (TPSA) is 260 Å². The van der Waals surface area contributed by atoms with Crippen LogP contribution in [-0.2, 0) is 123 Å². The molecule has 0 amide bonds. The van der Waals surface area contributed by atoms with Crippen LogP contribution in [0.3, 0.4) is 0 Å². The second kappa shape index (κ2) is 23.6. The molecule has 0 aliphatic carbocycles. The van der Waals surface area contributed by atoms with Crippen molar-refractivity contribution in [1.82, 2.24) is 15.0 Å². The Balaban J connectivity index is 0.00000244. The van der Waals surface area contributed by atoms with Gasteiger partial charge in [-0.15, -0.1) is 9.45 Å². The normalized spacial score (nSPS) is 10.9. The Morgan fingerprint density at radius 3 is 2.07 bits per heavy atom. The van der Waals surface area contributed by atoms with Gasteiger partial charge < -0.3 is 32.2 Å². The Kier molecular flexibility index (Phi) is 21.6. The van der Waals surface area contributed by atoms with Crippen molar-refractivity contribution < 1.29 is 115 Å². The molecule has 0 aliphatic heterocycles. The molecular weight excluding hydrogens is 952 g/mol. The maximum atomic E-state index is 12.3. The summed E-state index contributed by atoms with van der Waals surface area (Å²) in [5.41, 5.74) is 0.227. The summed E-state index contributed by atoms with van der Waals surface area (Å²) in [7, 11) is -8.21. The summed E-state index contributed by atoms with van der Waals surface area (Å²) in [6.45, 7) is 9.55. The van der Waals surface area contributed by atoms with Crippen molar-refractivity contribution in [2.24, 2.45) is 10.2 Å². The Bertz CT molecular complexity index is 2370. The third kappa shape index (κ3) is 13.5. The van der Waals surface area contributed by atoms with Gasteiger partial charge in [0.1, 0.15) is 11.5 Å². The molecule has 18 nitrogen and oxygen atoms in total. The molecule has 1 heterocycles. The Morgan fingerprint density at radius 2 is 1.49 bits per heavy atom. The summed E-state index contributed by atoms with van der Waals surface area (Å²) in [5, 5.41) is 34.9. The minimum atomic E-state index is -4.82. The van der Waals surface area contributed by atoms with Crippen molar-refractivity contribution in [2.45, 2.75) is 54.2 Å². The SMILES string of the molecule is CC.CC.Cc1nc(Nc2cc(S(=O)(=O)O)cc3cc(SOOO)c(N=Nc4ccc([S-](=O)=O)cc4)c(O)c23)nc(N(C)c2cccc([S-](=O)=O)c2)n1.[Y].[Y]. The fourth-order valence-corrected chi connectivity index (χ4v) is 6.16. The average Bonchev–Trinajstić information content (AvgIpc) is 3.14. The van der Waals surface area contributed by atoms with Crippen molar-refractivity contribution in [3.05, 3.63) is 72.6 Å². The van der Waals surface area contributed by atoms with E-state index in [1.54, 1.807) is 20.0 Å². The number of nitrogens with zero attached hydrogens (tertiary/aromatic N) is 6. The molecule has 4 aromatic carbocycles. The minimum absolute atomic E-state index is 0. The van der Waals surface area contributed by atoms with Gasteiger partial charge in [0.15, 0.2) is 5.75 Å². The molecule has 2 radical (unpaired) electrons. The van der Waals surface area contributed by atoms with Gasteiger partial charge in [0.2, 0.25) is 11.9 Å².